The molecule has 22 heavy (non-hydrogen) atoms. The number of amides is 1. The maximum atomic E-state index is 12.2. The molecule has 1 amide bonds. The molecule has 3 nitrogen and oxygen atoms in total. The fourth-order valence-corrected chi connectivity index (χ4v) is 2.19. The average Bonchev–Trinajstić information content (AvgIpc) is 2.53. The molecule has 4 heteroatoms. The SMILES string of the molecule is Cc1ccc(C(C)N(C)C(=O)COc2ccc(Cl)cc2)cc1. The Bertz CT molecular complexity index is 623. The molecule has 0 aliphatic carbocycles. The zero-order chi connectivity index (χ0) is 16.1. The van der Waals surface area contributed by atoms with E-state index in [4.69, 9.17) is 16.3 Å². The summed E-state index contributed by atoms with van der Waals surface area (Å²) in [5.41, 5.74) is 2.31. The fraction of sp³-hybridized carbons (Fsp3) is 0.278. The fourth-order valence-electron chi connectivity index (χ4n) is 2.06. The minimum atomic E-state index is -0.0666. The number of benzene rings is 2. The number of hydrogen-bond donors (Lipinski definition) is 0. The lowest BCUT2D eigenvalue weighted by molar-refractivity contribution is -0.134. The molecule has 0 aliphatic heterocycles. The minimum absolute atomic E-state index is 0.00178. The molecule has 0 radical (unpaired) electrons. The predicted molar refractivity (Wildman–Crippen MR) is 89.3 cm³/mol. The lowest BCUT2D eigenvalue weighted by Gasteiger charge is -2.25. The molecule has 1 unspecified atom stereocenters. The van der Waals surface area contributed by atoms with E-state index < -0.39 is 0 Å². The first-order valence-corrected chi connectivity index (χ1v) is 7.56. The van der Waals surface area contributed by atoms with Gasteiger partial charge in [0.1, 0.15) is 5.75 Å². The van der Waals surface area contributed by atoms with Crippen molar-refractivity contribution in [2.75, 3.05) is 13.7 Å². The van der Waals surface area contributed by atoms with Crippen LogP contribution in [0.25, 0.3) is 0 Å². The van der Waals surface area contributed by atoms with Crippen molar-refractivity contribution in [2.45, 2.75) is 19.9 Å². The number of carbonyl (C=O) groups excluding carboxylic acids is 1. The Kier molecular flexibility index (Phi) is 5.45. The molecular formula is C18H20ClNO2. The van der Waals surface area contributed by atoms with Crippen molar-refractivity contribution in [1.29, 1.82) is 0 Å². The number of nitrogens with zero attached hydrogens (tertiary/aromatic N) is 1. The van der Waals surface area contributed by atoms with Crippen molar-refractivity contribution < 1.29 is 9.53 Å². The van der Waals surface area contributed by atoms with E-state index in [2.05, 4.69) is 0 Å². The summed E-state index contributed by atoms with van der Waals surface area (Å²) in [7, 11) is 1.79. The summed E-state index contributed by atoms with van der Waals surface area (Å²) < 4.78 is 5.50. The molecule has 0 spiro atoms. The first-order chi connectivity index (χ1) is 10.5. The second-order valence-corrected chi connectivity index (χ2v) is 5.77. The quantitative estimate of drug-likeness (QED) is 0.825. The highest BCUT2D eigenvalue weighted by Gasteiger charge is 2.17. The lowest BCUT2D eigenvalue weighted by Crippen LogP contribution is -2.33. The van der Waals surface area contributed by atoms with Crippen molar-refractivity contribution in [3.8, 4) is 5.75 Å². The highest BCUT2D eigenvalue weighted by molar-refractivity contribution is 6.30. The smallest absolute Gasteiger partial charge is 0.260 e. The normalized spacial score (nSPS) is 11.8. The van der Waals surface area contributed by atoms with Crippen molar-refractivity contribution in [2.24, 2.45) is 0 Å². The Morgan fingerprint density at radius 1 is 1.14 bits per heavy atom. The van der Waals surface area contributed by atoms with Crippen LogP contribution in [0.3, 0.4) is 0 Å². The van der Waals surface area contributed by atoms with Crippen LogP contribution in [-0.2, 0) is 4.79 Å². The standard InChI is InChI=1S/C18H20ClNO2/c1-13-4-6-15(7-5-13)14(2)20(3)18(21)12-22-17-10-8-16(19)9-11-17/h4-11,14H,12H2,1-3H3. The zero-order valence-corrected chi connectivity index (χ0v) is 13.8. The molecule has 0 aliphatic rings. The molecule has 0 fully saturated rings. The van der Waals surface area contributed by atoms with E-state index >= 15 is 0 Å². The number of halogens is 1. The summed E-state index contributed by atoms with van der Waals surface area (Å²) >= 11 is 5.81. The van der Waals surface area contributed by atoms with Gasteiger partial charge in [-0.15, -0.1) is 0 Å². The summed E-state index contributed by atoms with van der Waals surface area (Å²) in [5.74, 6) is 0.567. The van der Waals surface area contributed by atoms with Gasteiger partial charge in [0.25, 0.3) is 5.91 Å². The molecule has 0 saturated heterocycles. The monoisotopic (exact) mass is 317 g/mol. The van der Waals surface area contributed by atoms with E-state index in [0.29, 0.717) is 10.8 Å². The molecule has 0 bridgehead atoms. The van der Waals surface area contributed by atoms with Crippen molar-refractivity contribution in [1.82, 2.24) is 4.90 Å². The Hall–Kier alpha value is -2.00. The highest BCUT2D eigenvalue weighted by Crippen LogP contribution is 2.20. The van der Waals surface area contributed by atoms with Gasteiger partial charge in [0.15, 0.2) is 6.61 Å². The summed E-state index contributed by atoms with van der Waals surface area (Å²) in [4.78, 5) is 13.9. The zero-order valence-electron chi connectivity index (χ0n) is 13.0. The molecule has 0 heterocycles. The third-order valence-electron chi connectivity index (χ3n) is 3.71. The molecule has 2 aromatic carbocycles. The van der Waals surface area contributed by atoms with Crippen molar-refractivity contribution in [3.63, 3.8) is 0 Å². The number of ether oxygens (including phenoxy) is 1. The van der Waals surface area contributed by atoms with Gasteiger partial charge < -0.3 is 9.64 Å². The number of aryl methyl sites for hydroxylation is 1. The molecule has 0 saturated carbocycles. The molecule has 0 N–H and O–H groups in total. The highest BCUT2D eigenvalue weighted by atomic mass is 35.5. The van der Waals surface area contributed by atoms with E-state index in [-0.39, 0.29) is 18.6 Å². The molecular weight excluding hydrogens is 298 g/mol. The largest absolute Gasteiger partial charge is 0.484 e. The maximum absolute atomic E-state index is 12.2. The third kappa shape index (κ3) is 4.25. The van der Waals surface area contributed by atoms with Crippen LogP contribution in [0.1, 0.15) is 24.1 Å². The van der Waals surface area contributed by atoms with Gasteiger partial charge in [0.05, 0.1) is 6.04 Å². The maximum Gasteiger partial charge on any atom is 0.260 e. The molecule has 2 aromatic rings. The number of carbonyl (C=O) groups is 1. The van der Waals surface area contributed by atoms with Crippen LogP contribution in [0, 0.1) is 6.92 Å². The summed E-state index contributed by atoms with van der Waals surface area (Å²) in [6.07, 6.45) is 0. The van der Waals surface area contributed by atoms with Crippen LogP contribution in [0.4, 0.5) is 0 Å². The van der Waals surface area contributed by atoms with Gasteiger partial charge in [-0.2, -0.15) is 0 Å². The molecule has 0 aromatic heterocycles. The Labute approximate surface area is 136 Å². The van der Waals surface area contributed by atoms with E-state index in [0.717, 1.165) is 5.56 Å². The topological polar surface area (TPSA) is 29.5 Å². The average molecular weight is 318 g/mol. The summed E-state index contributed by atoms with van der Waals surface area (Å²) in [6.45, 7) is 4.06. The van der Waals surface area contributed by atoms with E-state index in [1.54, 1.807) is 36.2 Å². The van der Waals surface area contributed by atoms with Crippen molar-refractivity contribution in [3.05, 3.63) is 64.7 Å². The third-order valence-corrected chi connectivity index (χ3v) is 3.96. The van der Waals surface area contributed by atoms with E-state index in [9.17, 15) is 4.79 Å². The van der Waals surface area contributed by atoms with Gasteiger partial charge in [-0.25, -0.2) is 0 Å². The molecule has 116 valence electrons. The number of hydrogen-bond acceptors (Lipinski definition) is 2. The van der Waals surface area contributed by atoms with Gasteiger partial charge in [-0.05, 0) is 43.7 Å². The first kappa shape index (κ1) is 16.4. The summed E-state index contributed by atoms with van der Waals surface area (Å²) in [5, 5.41) is 0.642. The second kappa shape index (κ2) is 7.32. The van der Waals surface area contributed by atoms with Crippen LogP contribution in [0.15, 0.2) is 48.5 Å². The first-order valence-electron chi connectivity index (χ1n) is 7.18. The van der Waals surface area contributed by atoms with E-state index in [1.807, 2.05) is 38.1 Å². The Morgan fingerprint density at radius 2 is 1.73 bits per heavy atom. The molecule has 2 rings (SSSR count). The number of rotatable bonds is 5. The van der Waals surface area contributed by atoms with Crippen molar-refractivity contribution >= 4 is 17.5 Å². The van der Waals surface area contributed by atoms with Gasteiger partial charge in [-0.3, -0.25) is 4.79 Å². The van der Waals surface area contributed by atoms with E-state index in [1.165, 1.54) is 5.56 Å². The second-order valence-electron chi connectivity index (χ2n) is 5.33. The number of likely N-dealkylation sites (N-methyl/N-ethyl adjacent to an activating group) is 1. The predicted octanol–water partition coefficient (Wildman–Crippen LogP) is 4.25. The van der Waals surface area contributed by atoms with Crippen LogP contribution < -0.4 is 4.74 Å². The Morgan fingerprint density at radius 3 is 2.32 bits per heavy atom. The Balaban J connectivity index is 1.93. The van der Waals surface area contributed by atoms with Gasteiger partial charge in [0.2, 0.25) is 0 Å². The van der Waals surface area contributed by atoms with Gasteiger partial charge >= 0.3 is 0 Å². The van der Waals surface area contributed by atoms with Gasteiger partial charge in [0, 0.05) is 12.1 Å². The van der Waals surface area contributed by atoms with Crippen LogP contribution in [-0.4, -0.2) is 24.5 Å². The van der Waals surface area contributed by atoms with Crippen LogP contribution in [0.2, 0.25) is 5.02 Å². The minimum Gasteiger partial charge on any atom is -0.484 e. The molecule has 1 atom stereocenters. The lowest BCUT2D eigenvalue weighted by atomic mass is 10.1. The van der Waals surface area contributed by atoms with Gasteiger partial charge in [-0.1, -0.05) is 41.4 Å². The van der Waals surface area contributed by atoms with Crippen LogP contribution >= 0.6 is 11.6 Å². The summed E-state index contributed by atoms with van der Waals surface area (Å²) in [6, 6.07) is 15.2. The van der Waals surface area contributed by atoms with Crippen LogP contribution in [0.5, 0.6) is 5.75 Å².